The summed E-state index contributed by atoms with van der Waals surface area (Å²) in [6.45, 7) is 2.48. The molecule has 8 nitrogen and oxygen atoms in total. The van der Waals surface area contributed by atoms with Crippen LogP contribution < -0.4 is 5.32 Å². The van der Waals surface area contributed by atoms with Gasteiger partial charge in [-0.3, -0.25) is 0 Å². The highest BCUT2D eigenvalue weighted by Crippen LogP contribution is 2.20. The highest BCUT2D eigenvalue weighted by Gasteiger charge is 2.24. The molecule has 0 unspecified atom stereocenters. The number of piperidine rings is 1. The summed E-state index contributed by atoms with van der Waals surface area (Å²) in [4.78, 5) is 30.9. The Balaban J connectivity index is 1.24. The molecule has 0 radical (unpaired) electrons. The third-order valence-corrected chi connectivity index (χ3v) is 4.91. The predicted molar refractivity (Wildman–Crippen MR) is 105 cm³/mol. The Morgan fingerprint density at radius 3 is 2.68 bits per heavy atom. The van der Waals surface area contributed by atoms with E-state index in [1.54, 1.807) is 17.3 Å². The van der Waals surface area contributed by atoms with E-state index in [9.17, 15) is 4.79 Å². The van der Waals surface area contributed by atoms with Gasteiger partial charge >= 0.3 is 6.09 Å². The minimum Gasteiger partial charge on any atom is -0.445 e. The molecule has 1 aliphatic heterocycles. The molecule has 1 amide bonds. The predicted octanol–water partition coefficient (Wildman–Crippen LogP) is 2.88. The summed E-state index contributed by atoms with van der Waals surface area (Å²) in [6.07, 6.45) is 6.34. The molecule has 28 heavy (non-hydrogen) atoms. The van der Waals surface area contributed by atoms with Gasteiger partial charge in [0.2, 0.25) is 0 Å². The lowest BCUT2D eigenvalue weighted by molar-refractivity contribution is 0.0832. The van der Waals surface area contributed by atoms with Crippen molar-refractivity contribution in [2.45, 2.75) is 19.4 Å². The Bertz CT molecular complexity index is 923. The molecular formula is C20H22N6O2. The monoisotopic (exact) mass is 378 g/mol. The van der Waals surface area contributed by atoms with Crippen molar-refractivity contribution in [1.82, 2.24) is 24.8 Å². The van der Waals surface area contributed by atoms with Crippen molar-refractivity contribution in [1.29, 1.82) is 0 Å². The molecule has 3 aromatic rings. The number of ether oxygens (including phenoxy) is 1. The summed E-state index contributed by atoms with van der Waals surface area (Å²) in [6, 6.07) is 9.72. The molecular weight excluding hydrogens is 356 g/mol. The van der Waals surface area contributed by atoms with Gasteiger partial charge in [0, 0.05) is 32.0 Å². The number of rotatable bonds is 5. The van der Waals surface area contributed by atoms with Crippen LogP contribution in [0.2, 0.25) is 0 Å². The number of likely N-dealkylation sites (tertiary alicyclic amines) is 1. The number of amides is 1. The standard InChI is InChI=1S/C20H22N6O2/c27-20(28-13-16-4-2-1-3-5-16)26-10-6-15(7-11-26)12-23-19-17-18(24-14-25-19)22-9-8-21-17/h1-5,8-9,14-15H,6-7,10-13H2,(H,22,23,24,25). The number of carbonyl (C=O) groups is 1. The first-order valence-electron chi connectivity index (χ1n) is 9.41. The normalized spacial score (nSPS) is 14.8. The van der Waals surface area contributed by atoms with Crippen LogP contribution in [0.25, 0.3) is 11.2 Å². The number of aromatic nitrogens is 4. The maximum atomic E-state index is 12.3. The zero-order chi connectivity index (χ0) is 19.2. The Morgan fingerprint density at radius 1 is 1.07 bits per heavy atom. The number of carbonyl (C=O) groups excluding carboxylic acids is 1. The summed E-state index contributed by atoms with van der Waals surface area (Å²) in [5.74, 6) is 1.16. The van der Waals surface area contributed by atoms with Crippen molar-refractivity contribution >= 4 is 23.1 Å². The third-order valence-electron chi connectivity index (χ3n) is 4.91. The Hall–Kier alpha value is -3.29. The maximum Gasteiger partial charge on any atom is 0.410 e. The van der Waals surface area contributed by atoms with Crippen LogP contribution in [-0.4, -0.2) is 50.6 Å². The molecule has 3 heterocycles. The summed E-state index contributed by atoms with van der Waals surface area (Å²) in [5.41, 5.74) is 2.25. The Labute approximate surface area is 163 Å². The molecule has 0 aliphatic carbocycles. The topological polar surface area (TPSA) is 93.1 Å². The molecule has 8 heteroatoms. The van der Waals surface area contributed by atoms with Crippen molar-refractivity contribution < 1.29 is 9.53 Å². The van der Waals surface area contributed by atoms with Crippen molar-refractivity contribution in [3.05, 3.63) is 54.6 Å². The van der Waals surface area contributed by atoms with E-state index in [1.165, 1.54) is 6.33 Å². The molecule has 0 atom stereocenters. The molecule has 1 fully saturated rings. The highest BCUT2D eigenvalue weighted by molar-refractivity contribution is 5.81. The molecule has 4 rings (SSSR count). The average molecular weight is 378 g/mol. The molecule has 1 aliphatic rings. The second-order valence-corrected chi connectivity index (χ2v) is 6.80. The van der Waals surface area contributed by atoms with Crippen LogP contribution in [0.3, 0.4) is 0 Å². The number of benzene rings is 1. The average Bonchev–Trinajstić information content (AvgIpc) is 2.77. The van der Waals surface area contributed by atoms with E-state index in [2.05, 4.69) is 25.3 Å². The quantitative estimate of drug-likeness (QED) is 0.729. The highest BCUT2D eigenvalue weighted by atomic mass is 16.6. The zero-order valence-corrected chi connectivity index (χ0v) is 15.5. The largest absolute Gasteiger partial charge is 0.445 e. The number of anilines is 1. The smallest absolute Gasteiger partial charge is 0.410 e. The molecule has 0 saturated carbocycles. The summed E-state index contributed by atoms with van der Waals surface area (Å²) in [7, 11) is 0. The van der Waals surface area contributed by atoms with Crippen molar-refractivity contribution in [2.24, 2.45) is 5.92 Å². The van der Waals surface area contributed by atoms with Gasteiger partial charge in [-0.05, 0) is 24.3 Å². The van der Waals surface area contributed by atoms with Gasteiger partial charge in [-0.15, -0.1) is 0 Å². The van der Waals surface area contributed by atoms with Gasteiger partial charge in [-0.1, -0.05) is 30.3 Å². The van der Waals surface area contributed by atoms with E-state index in [0.29, 0.717) is 42.6 Å². The van der Waals surface area contributed by atoms with Gasteiger partial charge < -0.3 is 15.0 Å². The molecule has 144 valence electrons. The number of nitrogens with zero attached hydrogens (tertiary/aromatic N) is 5. The number of hydrogen-bond donors (Lipinski definition) is 1. The molecule has 1 aromatic carbocycles. The van der Waals surface area contributed by atoms with Gasteiger partial charge in [0.25, 0.3) is 0 Å². The zero-order valence-electron chi connectivity index (χ0n) is 15.5. The van der Waals surface area contributed by atoms with Crippen LogP contribution in [0.15, 0.2) is 49.1 Å². The van der Waals surface area contributed by atoms with Crippen LogP contribution in [-0.2, 0) is 11.3 Å². The number of hydrogen-bond acceptors (Lipinski definition) is 7. The third kappa shape index (κ3) is 4.33. The van der Waals surface area contributed by atoms with Crippen LogP contribution in [0.1, 0.15) is 18.4 Å². The fourth-order valence-electron chi connectivity index (χ4n) is 3.30. The molecule has 2 aromatic heterocycles. The van der Waals surface area contributed by atoms with Gasteiger partial charge in [-0.25, -0.2) is 24.7 Å². The van der Waals surface area contributed by atoms with Crippen LogP contribution in [0.5, 0.6) is 0 Å². The van der Waals surface area contributed by atoms with E-state index in [4.69, 9.17) is 4.74 Å². The maximum absolute atomic E-state index is 12.3. The second kappa shape index (κ2) is 8.60. The lowest BCUT2D eigenvalue weighted by Crippen LogP contribution is -2.40. The Kier molecular flexibility index (Phi) is 5.56. The molecule has 0 bridgehead atoms. The lowest BCUT2D eigenvalue weighted by Gasteiger charge is -2.31. The summed E-state index contributed by atoms with van der Waals surface area (Å²) < 4.78 is 5.42. The lowest BCUT2D eigenvalue weighted by atomic mass is 9.97. The second-order valence-electron chi connectivity index (χ2n) is 6.80. The SMILES string of the molecule is O=C(OCc1ccccc1)N1CCC(CNc2ncnc3nccnc23)CC1. The minimum absolute atomic E-state index is 0.243. The first-order chi connectivity index (χ1) is 13.8. The summed E-state index contributed by atoms with van der Waals surface area (Å²) >= 11 is 0. The van der Waals surface area contributed by atoms with Gasteiger partial charge in [-0.2, -0.15) is 0 Å². The first kappa shape index (κ1) is 18.1. The van der Waals surface area contributed by atoms with E-state index >= 15 is 0 Å². The van der Waals surface area contributed by atoms with E-state index in [0.717, 1.165) is 24.9 Å². The van der Waals surface area contributed by atoms with Crippen LogP contribution in [0, 0.1) is 5.92 Å². The molecule has 1 N–H and O–H groups in total. The first-order valence-corrected chi connectivity index (χ1v) is 9.41. The Morgan fingerprint density at radius 2 is 1.86 bits per heavy atom. The van der Waals surface area contributed by atoms with Gasteiger partial charge in [0.1, 0.15) is 18.5 Å². The number of nitrogens with one attached hydrogen (secondary N) is 1. The van der Waals surface area contributed by atoms with E-state index < -0.39 is 0 Å². The van der Waals surface area contributed by atoms with Crippen molar-refractivity contribution in [3.63, 3.8) is 0 Å². The molecule has 1 saturated heterocycles. The number of fused-ring (bicyclic) bond motifs is 1. The van der Waals surface area contributed by atoms with Gasteiger partial charge in [0.15, 0.2) is 11.5 Å². The van der Waals surface area contributed by atoms with Crippen molar-refractivity contribution in [3.8, 4) is 0 Å². The van der Waals surface area contributed by atoms with E-state index in [1.807, 2.05) is 30.3 Å². The fourth-order valence-corrected chi connectivity index (χ4v) is 3.30. The minimum atomic E-state index is -0.243. The van der Waals surface area contributed by atoms with Crippen molar-refractivity contribution in [2.75, 3.05) is 25.0 Å². The van der Waals surface area contributed by atoms with E-state index in [-0.39, 0.29) is 6.09 Å². The molecule has 0 spiro atoms. The fraction of sp³-hybridized carbons (Fsp3) is 0.350. The summed E-state index contributed by atoms with van der Waals surface area (Å²) in [5, 5.41) is 3.36. The van der Waals surface area contributed by atoms with Gasteiger partial charge in [0.05, 0.1) is 0 Å². The van der Waals surface area contributed by atoms with Crippen LogP contribution >= 0.6 is 0 Å². The van der Waals surface area contributed by atoms with Crippen LogP contribution in [0.4, 0.5) is 10.6 Å².